The molecule has 2 fully saturated rings. The molecule has 3 aromatic heterocycles. The molecular weight excluding hydrogens is 534 g/mol. The van der Waals surface area contributed by atoms with E-state index in [2.05, 4.69) is 54.8 Å². The van der Waals surface area contributed by atoms with Gasteiger partial charge in [0.15, 0.2) is 0 Å². The summed E-state index contributed by atoms with van der Waals surface area (Å²) in [6.45, 7) is 4.46. The first-order chi connectivity index (χ1) is 20.0. The molecule has 0 atom stereocenters. The van der Waals surface area contributed by atoms with E-state index in [1.807, 2.05) is 9.47 Å². The van der Waals surface area contributed by atoms with E-state index >= 15 is 0 Å². The van der Waals surface area contributed by atoms with Crippen LogP contribution in [-0.2, 0) is 20.9 Å². The van der Waals surface area contributed by atoms with Gasteiger partial charge in [-0.3, -0.25) is 4.79 Å². The first kappa shape index (κ1) is 27.4. The van der Waals surface area contributed by atoms with Crippen molar-refractivity contribution >= 4 is 40.2 Å². The number of aromatic nitrogens is 2. The molecular formula is C33H35N3O4S. The SMILES string of the molecule is Cc1ccsc1-c1ccc2cc(-c3c(C4CCCCC4)cc(C=CC(=O)O)n3CC(=O)N3CCOCC3)ccc2n1. The maximum atomic E-state index is 13.5. The van der Waals surface area contributed by atoms with Gasteiger partial charge >= 0.3 is 5.97 Å². The molecule has 1 aliphatic heterocycles. The van der Waals surface area contributed by atoms with Crippen molar-refractivity contribution in [3.8, 4) is 21.8 Å². The molecule has 41 heavy (non-hydrogen) atoms. The lowest BCUT2D eigenvalue weighted by molar-refractivity contribution is -0.136. The molecule has 0 radical (unpaired) electrons. The van der Waals surface area contributed by atoms with Crippen LogP contribution in [0.5, 0.6) is 0 Å². The van der Waals surface area contributed by atoms with Crippen LogP contribution < -0.4 is 0 Å². The van der Waals surface area contributed by atoms with Gasteiger partial charge < -0.3 is 19.3 Å². The number of thiophene rings is 1. The average Bonchev–Trinajstić information content (AvgIpc) is 3.59. The highest BCUT2D eigenvalue weighted by Crippen LogP contribution is 2.41. The third-order valence-electron chi connectivity index (χ3n) is 8.31. The molecule has 4 aromatic rings. The molecule has 0 bridgehead atoms. The summed E-state index contributed by atoms with van der Waals surface area (Å²) in [4.78, 5) is 33.0. The van der Waals surface area contributed by atoms with E-state index in [1.54, 1.807) is 17.4 Å². The highest BCUT2D eigenvalue weighted by molar-refractivity contribution is 7.13. The number of carbonyl (C=O) groups is 2. The van der Waals surface area contributed by atoms with E-state index in [1.165, 1.54) is 35.3 Å². The second kappa shape index (κ2) is 12.0. The summed E-state index contributed by atoms with van der Waals surface area (Å²) >= 11 is 1.70. The number of ether oxygens (including phenoxy) is 1. The zero-order chi connectivity index (χ0) is 28.3. The van der Waals surface area contributed by atoms with Crippen molar-refractivity contribution in [1.82, 2.24) is 14.5 Å². The van der Waals surface area contributed by atoms with Gasteiger partial charge in [0.25, 0.3) is 0 Å². The van der Waals surface area contributed by atoms with Crippen molar-refractivity contribution in [3.63, 3.8) is 0 Å². The third kappa shape index (κ3) is 5.85. The Morgan fingerprint density at radius 2 is 1.88 bits per heavy atom. The molecule has 1 saturated heterocycles. The van der Waals surface area contributed by atoms with Crippen LogP contribution in [0.1, 0.15) is 54.8 Å². The zero-order valence-corrected chi connectivity index (χ0v) is 24.2. The molecule has 1 amide bonds. The normalized spacial score (nSPS) is 16.6. The van der Waals surface area contributed by atoms with E-state index in [0.717, 1.165) is 52.5 Å². The molecule has 0 unspecified atom stereocenters. The largest absolute Gasteiger partial charge is 0.478 e. The number of nitrogens with zero attached hydrogens (tertiary/aromatic N) is 3. The van der Waals surface area contributed by atoms with Crippen LogP contribution in [-0.4, -0.2) is 57.7 Å². The fourth-order valence-corrected chi connectivity index (χ4v) is 7.08. The Kier molecular flexibility index (Phi) is 8.03. The number of hydrogen-bond acceptors (Lipinski definition) is 5. The number of benzene rings is 1. The first-order valence-electron chi connectivity index (χ1n) is 14.4. The minimum Gasteiger partial charge on any atom is -0.478 e. The van der Waals surface area contributed by atoms with Crippen molar-refractivity contribution in [2.45, 2.75) is 51.5 Å². The Morgan fingerprint density at radius 1 is 1.07 bits per heavy atom. The number of amides is 1. The number of carboxylic acids is 1. The van der Waals surface area contributed by atoms with Crippen LogP contribution in [0.2, 0.25) is 0 Å². The summed E-state index contributed by atoms with van der Waals surface area (Å²) in [6.07, 6.45) is 8.57. The highest BCUT2D eigenvalue weighted by atomic mass is 32.1. The number of aryl methyl sites for hydroxylation is 1. The number of fused-ring (bicyclic) bond motifs is 1. The van der Waals surface area contributed by atoms with Gasteiger partial charge in [0.2, 0.25) is 5.91 Å². The topological polar surface area (TPSA) is 84.7 Å². The summed E-state index contributed by atoms with van der Waals surface area (Å²) in [6, 6.07) is 14.8. The summed E-state index contributed by atoms with van der Waals surface area (Å²) in [5.41, 5.74) is 7.08. The highest BCUT2D eigenvalue weighted by Gasteiger charge is 2.27. The standard InChI is InChI=1S/C33H35N3O4S/c1-22-13-18-41-33(22)29-11-7-24-19-25(8-10-28(24)34-29)32-27(23-5-3-2-4-6-23)20-26(9-12-31(38)39)36(32)21-30(37)35-14-16-40-17-15-35/h7-13,18-20,23H,2-6,14-17,21H2,1H3,(H,38,39). The van der Waals surface area contributed by atoms with Crippen molar-refractivity contribution in [2.75, 3.05) is 26.3 Å². The first-order valence-corrected chi connectivity index (χ1v) is 15.3. The van der Waals surface area contributed by atoms with Crippen LogP contribution in [0, 0.1) is 6.92 Å². The van der Waals surface area contributed by atoms with E-state index in [0.29, 0.717) is 32.2 Å². The summed E-state index contributed by atoms with van der Waals surface area (Å²) in [5, 5.41) is 12.6. The number of hydrogen-bond donors (Lipinski definition) is 1. The second-order valence-electron chi connectivity index (χ2n) is 11.0. The number of rotatable bonds is 7. The maximum Gasteiger partial charge on any atom is 0.328 e. The van der Waals surface area contributed by atoms with Crippen LogP contribution >= 0.6 is 11.3 Å². The predicted molar refractivity (Wildman–Crippen MR) is 163 cm³/mol. The lowest BCUT2D eigenvalue weighted by Crippen LogP contribution is -2.42. The predicted octanol–water partition coefficient (Wildman–Crippen LogP) is 6.74. The minimum atomic E-state index is -1.01. The fourth-order valence-electron chi connectivity index (χ4n) is 6.19. The number of aliphatic carboxylic acids is 1. The summed E-state index contributed by atoms with van der Waals surface area (Å²) in [7, 11) is 0. The monoisotopic (exact) mass is 569 g/mol. The fraction of sp³-hybridized carbons (Fsp3) is 0.364. The van der Waals surface area contributed by atoms with E-state index in [9.17, 15) is 14.7 Å². The van der Waals surface area contributed by atoms with Crippen molar-refractivity contribution in [1.29, 1.82) is 0 Å². The van der Waals surface area contributed by atoms with Crippen LogP contribution in [0.4, 0.5) is 0 Å². The van der Waals surface area contributed by atoms with Gasteiger partial charge in [0.1, 0.15) is 6.54 Å². The molecule has 6 rings (SSSR count). The molecule has 2 aliphatic rings. The Morgan fingerprint density at radius 3 is 2.61 bits per heavy atom. The number of carbonyl (C=O) groups excluding carboxylic acids is 1. The Balaban J connectivity index is 1.47. The lowest BCUT2D eigenvalue weighted by Gasteiger charge is -2.28. The van der Waals surface area contributed by atoms with Crippen LogP contribution in [0.15, 0.2) is 53.9 Å². The van der Waals surface area contributed by atoms with E-state index in [-0.39, 0.29) is 12.5 Å². The Labute approximate surface area is 244 Å². The van der Waals surface area contributed by atoms with Gasteiger partial charge in [-0.15, -0.1) is 11.3 Å². The summed E-state index contributed by atoms with van der Waals surface area (Å²) in [5.74, 6) is -0.621. The van der Waals surface area contributed by atoms with Crippen molar-refractivity contribution in [3.05, 3.63) is 70.7 Å². The van der Waals surface area contributed by atoms with Crippen LogP contribution in [0.3, 0.4) is 0 Å². The molecule has 1 saturated carbocycles. The molecule has 7 nitrogen and oxygen atoms in total. The molecule has 4 heterocycles. The third-order valence-corrected chi connectivity index (χ3v) is 9.35. The van der Waals surface area contributed by atoms with Gasteiger partial charge in [-0.2, -0.15) is 0 Å². The maximum absolute atomic E-state index is 13.5. The second-order valence-corrected chi connectivity index (χ2v) is 11.9. The van der Waals surface area contributed by atoms with Gasteiger partial charge in [0.05, 0.1) is 35.0 Å². The van der Waals surface area contributed by atoms with Gasteiger partial charge in [-0.05, 0) is 84.2 Å². The van der Waals surface area contributed by atoms with Crippen LogP contribution in [0.25, 0.3) is 38.8 Å². The molecule has 1 aliphatic carbocycles. The lowest BCUT2D eigenvalue weighted by atomic mass is 9.83. The van der Waals surface area contributed by atoms with Crippen molar-refractivity contribution < 1.29 is 19.4 Å². The molecule has 8 heteroatoms. The molecule has 0 spiro atoms. The zero-order valence-electron chi connectivity index (χ0n) is 23.3. The number of carboxylic acid groups (broad SMARTS) is 1. The number of morpholine rings is 1. The molecule has 1 aromatic carbocycles. The minimum absolute atomic E-state index is 0.0173. The molecule has 212 valence electrons. The smallest absolute Gasteiger partial charge is 0.328 e. The average molecular weight is 570 g/mol. The molecule has 1 N–H and O–H groups in total. The van der Waals surface area contributed by atoms with Crippen molar-refractivity contribution in [2.24, 2.45) is 0 Å². The summed E-state index contributed by atoms with van der Waals surface area (Å²) < 4.78 is 7.49. The quantitative estimate of drug-likeness (QED) is 0.249. The van der Waals surface area contributed by atoms with Gasteiger partial charge in [0, 0.05) is 30.2 Å². The van der Waals surface area contributed by atoms with E-state index in [4.69, 9.17) is 9.72 Å². The Bertz CT molecular complexity index is 1610. The van der Waals surface area contributed by atoms with E-state index < -0.39 is 5.97 Å². The van der Waals surface area contributed by atoms with Gasteiger partial charge in [-0.25, -0.2) is 9.78 Å². The van der Waals surface area contributed by atoms with Gasteiger partial charge in [-0.1, -0.05) is 31.4 Å². The number of pyridine rings is 1. The Hall–Kier alpha value is -3.75.